The van der Waals surface area contributed by atoms with E-state index in [0.29, 0.717) is 5.02 Å². The van der Waals surface area contributed by atoms with E-state index < -0.39 is 0 Å². The van der Waals surface area contributed by atoms with Gasteiger partial charge in [0.15, 0.2) is 0 Å². The molecule has 0 unspecified atom stereocenters. The Hall–Kier alpha value is -0.790. The van der Waals surface area contributed by atoms with Crippen molar-refractivity contribution in [2.24, 2.45) is 0 Å². The third-order valence-corrected chi connectivity index (χ3v) is 3.11. The van der Waals surface area contributed by atoms with E-state index in [0.717, 1.165) is 40.0 Å². The van der Waals surface area contributed by atoms with Crippen molar-refractivity contribution in [1.82, 2.24) is 4.98 Å². The van der Waals surface area contributed by atoms with Crippen molar-refractivity contribution < 1.29 is 0 Å². The first-order chi connectivity index (χ1) is 7.61. The number of pyridine rings is 1. The molecule has 3 heteroatoms. The number of nitrogens with zero attached hydrogens (tertiary/aromatic N) is 1. The van der Waals surface area contributed by atoms with Gasteiger partial charge in [0.05, 0.1) is 10.5 Å². The number of fused-ring (bicyclic) bond motifs is 1. The summed E-state index contributed by atoms with van der Waals surface area (Å²) in [6, 6.07) is 5.72. The van der Waals surface area contributed by atoms with Crippen LogP contribution in [-0.4, -0.2) is 4.98 Å². The van der Waals surface area contributed by atoms with Gasteiger partial charge in [0.2, 0.25) is 0 Å². The Morgan fingerprint density at radius 2 is 1.94 bits per heavy atom. The summed E-state index contributed by atoms with van der Waals surface area (Å²) in [6.45, 7) is 4.14. The molecule has 1 heterocycles. The van der Waals surface area contributed by atoms with Gasteiger partial charge in [-0.15, -0.1) is 0 Å². The van der Waals surface area contributed by atoms with Crippen LogP contribution in [0.2, 0.25) is 10.0 Å². The maximum atomic E-state index is 6.24. The van der Waals surface area contributed by atoms with Crippen molar-refractivity contribution in [3.05, 3.63) is 39.5 Å². The van der Waals surface area contributed by atoms with Gasteiger partial charge < -0.3 is 0 Å². The van der Waals surface area contributed by atoms with Gasteiger partial charge in [0, 0.05) is 16.1 Å². The quantitative estimate of drug-likeness (QED) is 0.749. The van der Waals surface area contributed by atoms with Crippen LogP contribution < -0.4 is 0 Å². The molecule has 0 amide bonds. The van der Waals surface area contributed by atoms with Crippen molar-refractivity contribution >= 4 is 34.1 Å². The summed E-state index contributed by atoms with van der Waals surface area (Å²) in [5, 5.41) is 2.38. The zero-order valence-electron chi connectivity index (χ0n) is 9.35. The second kappa shape index (κ2) is 4.60. The van der Waals surface area contributed by atoms with Crippen LogP contribution in [0.5, 0.6) is 0 Å². The molecule has 1 aromatic heterocycles. The highest BCUT2D eigenvalue weighted by Crippen LogP contribution is 2.29. The van der Waals surface area contributed by atoms with Gasteiger partial charge in [-0.1, -0.05) is 36.5 Å². The number of aromatic nitrogens is 1. The number of rotatable bonds is 2. The normalized spacial score (nSPS) is 11.0. The van der Waals surface area contributed by atoms with Crippen molar-refractivity contribution in [3.63, 3.8) is 0 Å². The average molecular weight is 254 g/mol. The fraction of sp³-hybridized carbons (Fsp3) is 0.308. The van der Waals surface area contributed by atoms with Gasteiger partial charge in [-0.05, 0) is 37.1 Å². The van der Waals surface area contributed by atoms with E-state index in [1.54, 1.807) is 0 Å². The number of hydrogen-bond donors (Lipinski definition) is 0. The predicted molar refractivity (Wildman–Crippen MR) is 70.5 cm³/mol. The lowest BCUT2D eigenvalue weighted by Gasteiger charge is -2.07. The number of benzene rings is 1. The largest absolute Gasteiger partial charge is 0.252 e. The molecule has 1 aromatic carbocycles. The molecule has 0 saturated carbocycles. The average Bonchev–Trinajstić information content (AvgIpc) is 2.20. The fourth-order valence-electron chi connectivity index (χ4n) is 1.85. The van der Waals surface area contributed by atoms with E-state index in [1.807, 2.05) is 25.1 Å². The molecule has 0 aliphatic carbocycles. The van der Waals surface area contributed by atoms with Gasteiger partial charge in [0.25, 0.3) is 0 Å². The van der Waals surface area contributed by atoms with Crippen LogP contribution in [0.4, 0.5) is 0 Å². The lowest BCUT2D eigenvalue weighted by molar-refractivity contribution is 0.889. The molecule has 0 aliphatic rings. The molecular weight excluding hydrogens is 241 g/mol. The van der Waals surface area contributed by atoms with Gasteiger partial charge in [-0.2, -0.15) is 0 Å². The molecule has 0 saturated heterocycles. The summed E-state index contributed by atoms with van der Waals surface area (Å²) in [6.07, 6.45) is 2.03. The summed E-state index contributed by atoms with van der Waals surface area (Å²) in [4.78, 5) is 4.62. The highest BCUT2D eigenvalue weighted by Gasteiger charge is 2.07. The third-order valence-electron chi connectivity index (χ3n) is 2.58. The molecule has 16 heavy (non-hydrogen) atoms. The van der Waals surface area contributed by atoms with Crippen molar-refractivity contribution in [2.45, 2.75) is 26.7 Å². The summed E-state index contributed by atoms with van der Waals surface area (Å²) < 4.78 is 0. The molecule has 1 nitrogen and oxygen atoms in total. The highest BCUT2D eigenvalue weighted by molar-refractivity contribution is 6.36. The van der Waals surface area contributed by atoms with E-state index in [9.17, 15) is 0 Å². The smallest absolute Gasteiger partial charge is 0.0750 e. The van der Waals surface area contributed by atoms with Crippen molar-refractivity contribution in [2.75, 3.05) is 0 Å². The molecule has 0 N–H and O–H groups in total. The van der Waals surface area contributed by atoms with Crippen LogP contribution in [-0.2, 0) is 6.42 Å². The Morgan fingerprint density at radius 3 is 2.62 bits per heavy atom. The van der Waals surface area contributed by atoms with E-state index in [1.165, 1.54) is 0 Å². The first-order valence-corrected chi connectivity index (χ1v) is 6.12. The van der Waals surface area contributed by atoms with E-state index in [2.05, 4.69) is 11.9 Å². The van der Waals surface area contributed by atoms with Gasteiger partial charge in [-0.25, -0.2) is 0 Å². The monoisotopic (exact) mass is 253 g/mol. The second-order valence-corrected chi connectivity index (χ2v) is 4.81. The molecular formula is C13H13Cl2N. The first-order valence-electron chi connectivity index (χ1n) is 5.37. The molecule has 0 aliphatic heterocycles. The van der Waals surface area contributed by atoms with Gasteiger partial charge in [-0.3, -0.25) is 4.98 Å². The summed E-state index contributed by atoms with van der Waals surface area (Å²) in [5.74, 6) is 0. The van der Waals surface area contributed by atoms with Crippen LogP contribution in [0.1, 0.15) is 24.6 Å². The number of aryl methyl sites for hydroxylation is 2. The minimum atomic E-state index is 0.706. The zero-order valence-corrected chi connectivity index (χ0v) is 10.9. The minimum absolute atomic E-state index is 0.706. The molecule has 0 radical (unpaired) electrons. The minimum Gasteiger partial charge on any atom is -0.252 e. The van der Waals surface area contributed by atoms with Crippen LogP contribution in [0.25, 0.3) is 10.9 Å². The molecule has 2 aromatic rings. The Kier molecular flexibility index (Phi) is 3.36. The Labute approximate surface area is 105 Å². The Bertz CT molecular complexity index is 535. The molecule has 0 atom stereocenters. The summed E-state index contributed by atoms with van der Waals surface area (Å²) in [7, 11) is 0. The maximum Gasteiger partial charge on any atom is 0.0750 e. The Morgan fingerprint density at radius 1 is 1.19 bits per heavy atom. The second-order valence-electron chi connectivity index (χ2n) is 3.96. The summed E-state index contributed by atoms with van der Waals surface area (Å²) in [5.41, 5.74) is 3.08. The van der Waals surface area contributed by atoms with Crippen LogP contribution in [0, 0.1) is 6.92 Å². The third kappa shape index (κ3) is 2.16. The van der Waals surface area contributed by atoms with Crippen molar-refractivity contribution in [1.29, 1.82) is 0 Å². The standard InChI is InChI=1S/C13H13Cl2N/c1-3-4-10-7-12(15)11-6-9(14)5-8(2)13(11)16-10/h5-7H,3-4H2,1-2H3. The molecule has 0 fully saturated rings. The highest BCUT2D eigenvalue weighted by atomic mass is 35.5. The number of halogens is 2. The number of hydrogen-bond acceptors (Lipinski definition) is 1. The van der Waals surface area contributed by atoms with E-state index in [-0.39, 0.29) is 0 Å². The van der Waals surface area contributed by atoms with Gasteiger partial charge in [0.1, 0.15) is 0 Å². The lowest BCUT2D eigenvalue weighted by Crippen LogP contribution is -1.92. The van der Waals surface area contributed by atoms with Crippen LogP contribution in [0.3, 0.4) is 0 Å². The predicted octanol–water partition coefficient (Wildman–Crippen LogP) is 4.80. The van der Waals surface area contributed by atoms with E-state index in [4.69, 9.17) is 23.2 Å². The zero-order chi connectivity index (χ0) is 11.7. The van der Waals surface area contributed by atoms with Crippen molar-refractivity contribution in [3.8, 4) is 0 Å². The lowest BCUT2D eigenvalue weighted by atomic mass is 10.1. The fourth-order valence-corrected chi connectivity index (χ4v) is 2.39. The van der Waals surface area contributed by atoms with Gasteiger partial charge >= 0.3 is 0 Å². The SMILES string of the molecule is CCCc1cc(Cl)c2cc(Cl)cc(C)c2n1. The molecule has 84 valence electrons. The topological polar surface area (TPSA) is 12.9 Å². The van der Waals surface area contributed by atoms with Crippen LogP contribution in [0.15, 0.2) is 18.2 Å². The van der Waals surface area contributed by atoms with E-state index >= 15 is 0 Å². The molecule has 0 spiro atoms. The van der Waals surface area contributed by atoms with Crippen LogP contribution >= 0.6 is 23.2 Å². The summed E-state index contributed by atoms with van der Waals surface area (Å²) >= 11 is 12.3. The molecule has 0 bridgehead atoms. The molecule has 2 rings (SSSR count). The maximum absolute atomic E-state index is 6.24. The first kappa shape index (κ1) is 11.7. The Balaban J connectivity index is 2.71.